The van der Waals surface area contributed by atoms with Crippen LogP contribution in [0.5, 0.6) is 0 Å². The van der Waals surface area contributed by atoms with E-state index in [9.17, 15) is 22.8 Å². The molecule has 1 aliphatic rings. The maximum Gasteiger partial charge on any atom is 0.340 e. The van der Waals surface area contributed by atoms with E-state index < -0.39 is 34.0 Å². The van der Waals surface area contributed by atoms with Crippen molar-refractivity contribution in [3.8, 4) is 0 Å². The Bertz CT molecular complexity index is 913. The van der Waals surface area contributed by atoms with Gasteiger partial charge in [-0.1, -0.05) is 18.0 Å². The number of ether oxygens (including phenoxy) is 1. The van der Waals surface area contributed by atoms with Gasteiger partial charge in [0.1, 0.15) is 0 Å². The number of urea groups is 1. The Morgan fingerprint density at radius 2 is 1.73 bits per heavy atom. The molecule has 11 heteroatoms. The number of carbonyl (C=O) groups is 3. The molecule has 30 heavy (non-hydrogen) atoms. The van der Waals surface area contributed by atoms with Crippen LogP contribution in [0.1, 0.15) is 50.4 Å². The van der Waals surface area contributed by atoms with Crippen LogP contribution in [0.4, 0.5) is 4.79 Å². The van der Waals surface area contributed by atoms with Gasteiger partial charge in [-0.15, -0.1) is 0 Å². The number of esters is 1. The van der Waals surface area contributed by atoms with Crippen LogP contribution in [0.25, 0.3) is 0 Å². The predicted octanol–water partition coefficient (Wildman–Crippen LogP) is 2.29. The average molecular weight is 460 g/mol. The van der Waals surface area contributed by atoms with Gasteiger partial charge < -0.3 is 10.1 Å². The molecule has 2 N–H and O–H groups in total. The second-order valence-electron chi connectivity index (χ2n) is 7.27. The van der Waals surface area contributed by atoms with Crippen molar-refractivity contribution in [2.24, 2.45) is 0 Å². The molecule has 1 aromatic rings. The number of hydrogen-bond donors (Lipinski definition) is 2. The first-order valence-corrected chi connectivity index (χ1v) is 11.5. The summed E-state index contributed by atoms with van der Waals surface area (Å²) in [7, 11) is -3.77. The van der Waals surface area contributed by atoms with Gasteiger partial charge in [0.2, 0.25) is 10.0 Å². The van der Waals surface area contributed by atoms with Gasteiger partial charge in [0.25, 0.3) is 5.91 Å². The highest BCUT2D eigenvalue weighted by Gasteiger charge is 2.28. The quantitative estimate of drug-likeness (QED) is 0.629. The van der Waals surface area contributed by atoms with Crippen molar-refractivity contribution in [2.45, 2.75) is 57.1 Å². The molecule has 1 aromatic carbocycles. The highest BCUT2D eigenvalue weighted by Crippen LogP contribution is 2.25. The standard InChI is InChI=1S/C19H26ClN3O6S/c1-12(2)21-19(26)22-17(24)13(3)29-18(25)15-11-14(7-8-16(15)20)30(27,28)23-9-5-4-6-10-23/h7-8,11-13H,4-6,9-10H2,1-3H3,(H2,21,22,24,26). The Morgan fingerprint density at radius 3 is 2.33 bits per heavy atom. The highest BCUT2D eigenvalue weighted by molar-refractivity contribution is 7.89. The van der Waals surface area contributed by atoms with Crippen LogP contribution >= 0.6 is 11.6 Å². The number of benzene rings is 1. The van der Waals surface area contributed by atoms with Gasteiger partial charge >= 0.3 is 12.0 Å². The van der Waals surface area contributed by atoms with E-state index in [-0.39, 0.29) is 21.5 Å². The van der Waals surface area contributed by atoms with Crippen molar-refractivity contribution in [1.82, 2.24) is 14.9 Å². The number of halogens is 1. The lowest BCUT2D eigenvalue weighted by molar-refractivity contribution is -0.127. The Morgan fingerprint density at radius 1 is 1.10 bits per heavy atom. The van der Waals surface area contributed by atoms with Gasteiger partial charge in [-0.3, -0.25) is 10.1 Å². The largest absolute Gasteiger partial charge is 0.449 e. The second-order valence-corrected chi connectivity index (χ2v) is 9.62. The minimum Gasteiger partial charge on any atom is -0.449 e. The third kappa shape index (κ3) is 6.16. The molecule has 1 fully saturated rings. The Labute approximate surface area is 181 Å². The molecule has 1 unspecified atom stereocenters. The second kappa shape index (κ2) is 10.2. The SMILES string of the molecule is CC(C)NC(=O)NC(=O)C(C)OC(=O)c1cc(S(=O)(=O)N2CCCCC2)ccc1Cl. The summed E-state index contributed by atoms with van der Waals surface area (Å²) in [6, 6.07) is 2.88. The van der Waals surface area contributed by atoms with Crippen LogP contribution in [0.2, 0.25) is 5.02 Å². The summed E-state index contributed by atoms with van der Waals surface area (Å²) in [6.45, 7) is 5.57. The number of nitrogens with one attached hydrogen (secondary N) is 2. The summed E-state index contributed by atoms with van der Waals surface area (Å²) >= 11 is 6.06. The number of sulfonamides is 1. The van der Waals surface area contributed by atoms with Crippen LogP contribution in [-0.2, 0) is 19.6 Å². The summed E-state index contributed by atoms with van der Waals surface area (Å²) in [4.78, 5) is 36.1. The van der Waals surface area contributed by atoms with Gasteiger partial charge in [0.15, 0.2) is 6.10 Å². The predicted molar refractivity (Wildman–Crippen MR) is 111 cm³/mol. The summed E-state index contributed by atoms with van der Waals surface area (Å²) < 4.78 is 32.1. The van der Waals surface area contributed by atoms with Crippen molar-refractivity contribution in [1.29, 1.82) is 0 Å². The number of imide groups is 1. The molecule has 9 nitrogen and oxygen atoms in total. The Kier molecular flexibility index (Phi) is 8.22. The van der Waals surface area contributed by atoms with Crippen LogP contribution in [0.15, 0.2) is 23.1 Å². The van der Waals surface area contributed by atoms with Crippen molar-refractivity contribution in [3.05, 3.63) is 28.8 Å². The minimum atomic E-state index is -3.77. The van der Waals surface area contributed by atoms with Gasteiger partial charge in [-0.05, 0) is 51.8 Å². The van der Waals surface area contributed by atoms with E-state index in [1.807, 2.05) is 0 Å². The zero-order valence-electron chi connectivity index (χ0n) is 17.1. The lowest BCUT2D eigenvalue weighted by Gasteiger charge is -2.26. The van der Waals surface area contributed by atoms with E-state index in [1.165, 1.54) is 23.4 Å². The van der Waals surface area contributed by atoms with Crippen molar-refractivity contribution < 1.29 is 27.5 Å². The normalized spacial score (nSPS) is 16.0. The van der Waals surface area contributed by atoms with E-state index >= 15 is 0 Å². The molecule has 0 spiro atoms. The lowest BCUT2D eigenvalue weighted by atomic mass is 10.2. The lowest BCUT2D eigenvalue weighted by Crippen LogP contribution is -2.46. The number of carbonyl (C=O) groups excluding carboxylic acids is 3. The third-order valence-electron chi connectivity index (χ3n) is 4.42. The number of rotatable bonds is 6. The summed E-state index contributed by atoms with van der Waals surface area (Å²) in [5.74, 6) is -1.79. The average Bonchev–Trinajstić information content (AvgIpc) is 2.67. The Hall–Kier alpha value is -2.17. The van der Waals surface area contributed by atoms with Crippen molar-refractivity contribution in [2.75, 3.05) is 13.1 Å². The van der Waals surface area contributed by atoms with E-state index in [0.29, 0.717) is 13.1 Å². The van der Waals surface area contributed by atoms with Crippen molar-refractivity contribution >= 4 is 39.5 Å². The first-order chi connectivity index (χ1) is 14.0. The molecular formula is C19H26ClN3O6S. The number of amides is 3. The van der Waals surface area contributed by atoms with Gasteiger partial charge in [0, 0.05) is 19.1 Å². The first-order valence-electron chi connectivity index (χ1n) is 9.64. The van der Waals surface area contributed by atoms with E-state index in [4.69, 9.17) is 16.3 Å². The summed E-state index contributed by atoms with van der Waals surface area (Å²) in [5.41, 5.74) is -0.180. The topological polar surface area (TPSA) is 122 Å². The fourth-order valence-electron chi connectivity index (χ4n) is 2.86. The molecule has 0 radical (unpaired) electrons. The molecule has 3 amide bonds. The van der Waals surface area contributed by atoms with Crippen LogP contribution in [-0.4, -0.2) is 55.9 Å². The maximum atomic E-state index is 12.8. The van der Waals surface area contributed by atoms with Crippen LogP contribution in [0.3, 0.4) is 0 Å². The fraction of sp³-hybridized carbons (Fsp3) is 0.526. The Balaban J connectivity index is 2.13. The molecule has 1 heterocycles. The smallest absolute Gasteiger partial charge is 0.340 e. The molecule has 0 saturated carbocycles. The van der Waals surface area contributed by atoms with E-state index in [0.717, 1.165) is 25.3 Å². The number of nitrogens with zero attached hydrogens (tertiary/aromatic N) is 1. The van der Waals surface area contributed by atoms with E-state index in [1.54, 1.807) is 13.8 Å². The molecule has 0 aromatic heterocycles. The molecule has 1 atom stereocenters. The minimum absolute atomic E-state index is 0.0113. The molecule has 1 saturated heterocycles. The third-order valence-corrected chi connectivity index (χ3v) is 6.64. The van der Waals surface area contributed by atoms with Gasteiger partial charge in [0.05, 0.1) is 15.5 Å². The summed E-state index contributed by atoms with van der Waals surface area (Å²) in [5, 5.41) is 4.52. The van der Waals surface area contributed by atoms with Crippen LogP contribution in [0, 0.1) is 0 Å². The molecule has 166 valence electrons. The van der Waals surface area contributed by atoms with E-state index in [2.05, 4.69) is 10.6 Å². The van der Waals surface area contributed by atoms with Crippen LogP contribution < -0.4 is 10.6 Å². The highest BCUT2D eigenvalue weighted by atomic mass is 35.5. The molecular weight excluding hydrogens is 434 g/mol. The number of hydrogen-bond acceptors (Lipinski definition) is 6. The molecule has 2 rings (SSSR count). The zero-order valence-corrected chi connectivity index (χ0v) is 18.7. The van der Waals surface area contributed by atoms with Gasteiger partial charge in [-0.25, -0.2) is 18.0 Å². The number of piperidine rings is 1. The zero-order chi connectivity index (χ0) is 22.5. The van der Waals surface area contributed by atoms with Gasteiger partial charge in [-0.2, -0.15) is 4.31 Å². The fourth-order valence-corrected chi connectivity index (χ4v) is 4.60. The molecule has 0 aliphatic carbocycles. The first kappa shape index (κ1) is 24.1. The summed E-state index contributed by atoms with van der Waals surface area (Å²) in [6.07, 6.45) is 1.23. The molecule has 1 aliphatic heterocycles. The monoisotopic (exact) mass is 459 g/mol. The maximum absolute atomic E-state index is 12.8. The molecule has 0 bridgehead atoms. The van der Waals surface area contributed by atoms with Crippen molar-refractivity contribution in [3.63, 3.8) is 0 Å².